The molecule has 94 valence electrons. The van der Waals surface area contributed by atoms with E-state index in [2.05, 4.69) is 5.10 Å². The molecule has 0 saturated heterocycles. The van der Waals surface area contributed by atoms with E-state index in [1.54, 1.807) is 13.2 Å². The Kier molecular flexibility index (Phi) is 3.10. The second-order valence-electron chi connectivity index (χ2n) is 3.86. The van der Waals surface area contributed by atoms with Crippen LogP contribution in [0, 0.1) is 11.6 Å². The molecule has 0 amide bonds. The van der Waals surface area contributed by atoms with Crippen LogP contribution in [0.15, 0.2) is 24.4 Å². The van der Waals surface area contributed by atoms with Gasteiger partial charge in [-0.3, -0.25) is 9.48 Å². The Morgan fingerprint density at radius 3 is 2.72 bits per heavy atom. The van der Waals surface area contributed by atoms with E-state index < -0.39 is 17.6 Å². The van der Waals surface area contributed by atoms with Crippen LogP contribution >= 0.6 is 0 Å². The van der Waals surface area contributed by atoms with E-state index in [-0.39, 0.29) is 6.42 Å². The lowest BCUT2D eigenvalue weighted by atomic mass is 10.0. The molecule has 1 aromatic heterocycles. The van der Waals surface area contributed by atoms with Crippen molar-refractivity contribution in [2.75, 3.05) is 0 Å². The van der Waals surface area contributed by atoms with E-state index in [1.165, 1.54) is 10.7 Å². The number of rotatable bonds is 3. The summed E-state index contributed by atoms with van der Waals surface area (Å²) in [5.74, 6) is -2.95. The smallest absolute Gasteiger partial charge is 0.309 e. The zero-order valence-corrected chi connectivity index (χ0v) is 9.52. The van der Waals surface area contributed by atoms with Crippen LogP contribution in [0.4, 0.5) is 8.78 Å². The summed E-state index contributed by atoms with van der Waals surface area (Å²) in [6, 6.07) is 3.42. The Hall–Kier alpha value is -2.24. The fraction of sp³-hybridized carbons (Fsp3) is 0.167. The Morgan fingerprint density at radius 1 is 1.39 bits per heavy atom. The van der Waals surface area contributed by atoms with Crippen molar-refractivity contribution in [2.24, 2.45) is 7.05 Å². The molecule has 0 aliphatic carbocycles. The fourth-order valence-electron chi connectivity index (χ4n) is 1.71. The molecule has 4 nitrogen and oxygen atoms in total. The topological polar surface area (TPSA) is 55.1 Å². The van der Waals surface area contributed by atoms with Gasteiger partial charge in [0.15, 0.2) is 11.6 Å². The summed E-state index contributed by atoms with van der Waals surface area (Å²) in [6.07, 6.45) is 1.31. The van der Waals surface area contributed by atoms with Gasteiger partial charge in [-0.1, -0.05) is 6.07 Å². The van der Waals surface area contributed by atoms with Crippen molar-refractivity contribution in [3.05, 3.63) is 41.7 Å². The highest BCUT2D eigenvalue weighted by atomic mass is 19.2. The van der Waals surface area contributed by atoms with Crippen LogP contribution in [-0.4, -0.2) is 20.9 Å². The number of aryl methyl sites for hydroxylation is 1. The molecule has 2 rings (SSSR count). The second-order valence-corrected chi connectivity index (χ2v) is 3.86. The maximum atomic E-state index is 13.1. The summed E-state index contributed by atoms with van der Waals surface area (Å²) >= 11 is 0. The minimum Gasteiger partial charge on any atom is -0.481 e. The standard InChI is InChI=1S/C12H10F2N2O2/c1-16-6-8(11(15-16)5-12(17)18)7-2-3-9(13)10(14)4-7/h2-4,6H,5H2,1H3,(H,17,18). The highest BCUT2D eigenvalue weighted by Crippen LogP contribution is 2.24. The molecule has 1 aromatic carbocycles. The molecule has 0 spiro atoms. The molecular weight excluding hydrogens is 242 g/mol. The van der Waals surface area contributed by atoms with Gasteiger partial charge in [0.25, 0.3) is 0 Å². The van der Waals surface area contributed by atoms with Crippen LogP contribution in [0.3, 0.4) is 0 Å². The maximum absolute atomic E-state index is 13.1. The van der Waals surface area contributed by atoms with Crippen LogP contribution in [0.5, 0.6) is 0 Å². The molecule has 1 heterocycles. The van der Waals surface area contributed by atoms with Crippen LogP contribution in [0.25, 0.3) is 11.1 Å². The largest absolute Gasteiger partial charge is 0.481 e. The third-order valence-corrected chi connectivity index (χ3v) is 2.45. The van der Waals surface area contributed by atoms with E-state index in [9.17, 15) is 13.6 Å². The Labute approximate surface area is 101 Å². The number of carboxylic acid groups (broad SMARTS) is 1. The molecule has 0 aliphatic rings. The first-order valence-electron chi connectivity index (χ1n) is 5.17. The van der Waals surface area contributed by atoms with E-state index in [0.29, 0.717) is 16.8 Å². The number of halogens is 2. The van der Waals surface area contributed by atoms with Gasteiger partial charge in [0.05, 0.1) is 12.1 Å². The molecule has 1 N–H and O–H groups in total. The van der Waals surface area contributed by atoms with Gasteiger partial charge in [0, 0.05) is 18.8 Å². The number of hydrogen-bond donors (Lipinski definition) is 1. The minimum atomic E-state index is -1.03. The number of hydrogen-bond acceptors (Lipinski definition) is 2. The van der Waals surface area contributed by atoms with Crippen LogP contribution in [0.1, 0.15) is 5.69 Å². The fourth-order valence-corrected chi connectivity index (χ4v) is 1.71. The summed E-state index contributed by atoms with van der Waals surface area (Å²) in [5.41, 5.74) is 1.20. The predicted molar refractivity (Wildman–Crippen MR) is 59.9 cm³/mol. The van der Waals surface area contributed by atoms with Gasteiger partial charge in [-0.25, -0.2) is 8.78 Å². The number of benzene rings is 1. The van der Waals surface area contributed by atoms with Gasteiger partial charge in [-0.15, -0.1) is 0 Å². The molecule has 0 fully saturated rings. The highest BCUT2D eigenvalue weighted by molar-refractivity contribution is 5.75. The van der Waals surface area contributed by atoms with Crippen molar-refractivity contribution in [1.82, 2.24) is 9.78 Å². The molecule has 0 aliphatic heterocycles. The lowest BCUT2D eigenvalue weighted by Gasteiger charge is -2.01. The van der Waals surface area contributed by atoms with Crippen molar-refractivity contribution in [3.63, 3.8) is 0 Å². The quantitative estimate of drug-likeness (QED) is 0.908. The molecule has 0 unspecified atom stereocenters. The summed E-state index contributed by atoms with van der Waals surface area (Å²) in [4.78, 5) is 10.7. The SMILES string of the molecule is Cn1cc(-c2ccc(F)c(F)c2)c(CC(=O)O)n1. The maximum Gasteiger partial charge on any atom is 0.309 e. The zero-order chi connectivity index (χ0) is 13.3. The zero-order valence-electron chi connectivity index (χ0n) is 9.52. The third-order valence-electron chi connectivity index (χ3n) is 2.45. The first-order chi connectivity index (χ1) is 8.47. The van der Waals surface area contributed by atoms with E-state index in [0.717, 1.165) is 12.1 Å². The predicted octanol–water partition coefficient (Wildman–Crippen LogP) is 1.99. The number of carbonyl (C=O) groups is 1. The lowest BCUT2D eigenvalue weighted by molar-refractivity contribution is -0.136. The monoisotopic (exact) mass is 252 g/mol. The first kappa shape index (κ1) is 12.2. The number of aliphatic carboxylic acids is 1. The van der Waals surface area contributed by atoms with Crippen molar-refractivity contribution in [3.8, 4) is 11.1 Å². The Morgan fingerprint density at radius 2 is 2.11 bits per heavy atom. The van der Waals surface area contributed by atoms with Crippen molar-refractivity contribution in [2.45, 2.75) is 6.42 Å². The average molecular weight is 252 g/mol. The average Bonchev–Trinajstić information content (AvgIpc) is 2.62. The van der Waals surface area contributed by atoms with Crippen molar-refractivity contribution < 1.29 is 18.7 Å². The normalized spacial score (nSPS) is 10.6. The Bertz CT molecular complexity index is 608. The Balaban J connectivity index is 2.49. The lowest BCUT2D eigenvalue weighted by Crippen LogP contribution is -2.02. The van der Waals surface area contributed by atoms with E-state index >= 15 is 0 Å². The summed E-state index contributed by atoms with van der Waals surface area (Å²) < 4.78 is 27.4. The summed E-state index contributed by atoms with van der Waals surface area (Å²) in [7, 11) is 1.63. The molecule has 18 heavy (non-hydrogen) atoms. The molecule has 2 aromatic rings. The van der Waals surface area contributed by atoms with E-state index in [1.807, 2.05) is 0 Å². The molecule has 6 heteroatoms. The van der Waals surface area contributed by atoms with Gasteiger partial charge >= 0.3 is 5.97 Å². The highest BCUT2D eigenvalue weighted by Gasteiger charge is 2.14. The number of nitrogens with zero attached hydrogens (tertiary/aromatic N) is 2. The first-order valence-corrected chi connectivity index (χ1v) is 5.17. The number of carboxylic acids is 1. The molecule has 0 saturated carbocycles. The van der Waals surface area contributed by atoms with E-state index in [4.69, 9.17) is 5.11 Å². The van der Waals surface area contributed by atoms with Gasteiger partial charge < -0.3 is 5.11 Å². The minimum absolute atomic E-state index is 0.269. The van der Waals surface area contributed by atoms with Crippen LogP contribution < -0.4 is 0 Å². The summed E-state index contributed by atoms with van der Waals surface area (Å²) in [6.45, 7) is 0. The van der Waals surface area contributed by atoms with Crippen molar-refractivity contribution in [1.29, 1.82) is 0 Å². The van der Waals surface area contributed by atoms with Crippen molar-refractivity contribution >= 4 is 5.97 Å². The molecular formula is C12H10F2N2O2. The van der Waals surface area contributed by atoms with Gasteiger partial charge in [0.2, 0.25) is 0 Å². The molecule has 0 bridgehead atoms. The van der Waals surface area contributed by atoms with Gasteiger partial charge in [-0.05, 0) is 17.7 Å². The molecule has 0 atom stereocenters. The van der Waals surface area contributed by atoms with Gasteiger partial charge in [0.1, 0.15) is 0 Å². The van der Waals surface area contributed by atoms with Gasteiger partial charge in [-0.2, -0.15) is 5.10 Å². The molecule has 0 radical (unpaired) electrons. The van der Waals surface area contributed by atoms with Crippen LogP contribution in [-0.2, 0) is 18.3 Å². The number of aromatic nitrogens is 2. The third kappa shape index (κ3) is 2.37. The summed E-state index contributed by atoms with van der Waals surface area (Å²) in [5, 5.41) is 12.8. The van der Waals surface area contributed by atoms with Crippen LogP contribution in [0.2, 0.25) is 0 Å². The second kappa shape index (κ2) is 4.56.